The molecule has 3 aromatic rings. The first kappa shape index (κ1) is 15.9. The number of hydrogen-bond acceptors (Lipinski definition) is 3. The molecule has 1 heterocycles. The van der Waals surface area contributed by atoms with Crippen molar-refractivity contribution in [1.29, 1.82) is 0 Å². The van der Waals surface area contributed by atoms with Gasteiger partial charge in [0.05, 0.1) is 11.9 Å². The van der Waals surface area contributed by atoms with Gasteiger partial charge in [-0.1, -0.05) is 35.0 Å². The minimum atomic E-state index is -0.132. The molecule has 0 amide bonds. The van der Waals surface area contributed by atoms with Crippen LogP contribution in [0.2, 0.25) is 0 Å². The molecule has 0 saturated carbocycles. The summed E-state index contributed by atoms with van der Waals surface area (Å²) in [5, 5.41) is 8.56. The number of aromatic nitrogens is 3. The Hall–Kier alpha value is -2.62. The van der Waals surface area contributed by atoms with Gasteiger partial charge in [-0.15, -0.1) is 5.10 Å². The Morgan fingerprint density at radius 2 is 1.84 bits per heavy atom. The highest BCUT2D eigenvalue weighted by Gasteiger charge is 2.18. The molecule has 1 aliphatic rings. The van der Waals surface area contributed by atoms with Gasteiger partial charge >= 0.3 is 0 Å². The van der Waals surface area contributed by atoms with Crippen molar-refractivity contribution in [3.05, 3.63) is 71.0 Å². The summed E-state index contributed by atoms with van der Waals surface area (Å²) in [6, 6.07) is 14.6. The lowest BCUT2D eigenvalue weighted by molar-refractivity contribution is 0.218. The Bertz CT molecular complexity index is 867. The van der Waals surface area contributed by atoms with Crippen molar-refractivity contribution < 1.29 is 4.74 Å². The number of fused-ring (bicyclic) bond motifs is 1. The molecule has 0 saturated heterocycles. The fourth-order valence-electron chi connectivity index (χ4n) is 3.39. The van der Waals surface area contributed by atoms with Gasteiger partial charge in [-0.3, -0.25) is 0 Å². The Morgan fingerprint density at radius 3 is 2.68 bits per heavy atom. The summed E-state index contributed by atoms with van der Waals surface area (Å²) in [4.78, 5) is 0. The van der Waals surface area contributed by atoms with Crippen LogP contribution in [0.4, 0.5) is 0 Å². The lowest BCUT2D eigenvalue weighted by Crippen LogP contribution is -2.09. The standard InChI is InChI=1S/C21H23N3O/c1-15-10-12-18(13-11-15)24-14-20(22-23-24)16(2)25-21-9-5-7-17-6-3-4-8-19(17)21/h5,7,9-14,16H,3-4,6,8H2,1-2H3. The van der Waals surface area contributed by atoms with Gasteiger partial charge in [-0.25, -0.2) is 4.68 Å². The molecule has 4 nitrogen and oxygen atoms in total. The van der Waals surface area contributed by atoms with Crippen molar-refractivity contribution in [3.8, 4) is 11.4 Å². The van der Waals surface area contributed by atoms with Crippen LogP contribution >= 0.6 is 0 Å². The Morgan fingerprint density at radius 1 is 1.04 bits per heavy atom. The molecule has 25 heavy (non-hydrogen) atoms. The highest BCUT2D eigenvalue weighted by molar-refractivity contribution is 5.42. The van der Waals surface area contributed by atoms with E-state index in [2.05, 4.69) is 47.6 Å². The second kappa shape index (κ2) is 6.71. The lowest BCUT2D eigenvalue weighted by Gasteiger charge is -2.21. The molecule has 4 heteroatoms. The van der Waals surface area contributed by atoms with Crippen molar-refractivity contribution in [2.45, 2.75) is 45.6 Å². The second-order valence-electron chi connectivity index (χ2n) is 6.78. The number of hydrogen-bond donors (Lipinski definition) is 0. The number of aryl methyl sites for hydroxylation is 2. The van der Waals surface area contributed by atoms with Crippen LogP contribution in [0.25, 0.3) is 5.69 Å². The quantitative estimate of drug-likeness (QED) is 0.701. The first-order chi connectivity index (χ1) is 12.2. The van der Waals surface area contributed by atoms with Crippen LogP contribution in [0.5, 0.6) is 5.75 Å². The van der Waals surface area contributed by atoms with Crippen LogP contribution in [0.15, 0.2) is 48.7 Å². The van der Waals surface area contributed by atoms with Gasteiger partial charge < -0.3 is 4.74 Å². The monoisotopic (exact) mass is 333 g/mol. The summed E-state index contributed by atoms with van der Waals surface area (Å²) in [5.41, 5.74) is 5.88. The van der Waals surface area contributed by atoms with E-state index in [1.54, 1.807) is 4.68 Å². The van der Waals surface area contributed by atoms with Gasteiger partial charge in [0.15, 0.2) is 0 Å². The Labute approximate surface area is 148 Å². The summed E-state index contributed by atoms with van der Waals surface area (Å²) in [5.74, 6) is 0.995. The van der Waals surface area contributed by atoms with Gasteiger partial charge in [0.25, 0.3) is 0 Å². The van der Waals surface area contributed by atoms with Gasteiger partial charge in [0.1, 0.15) is 17.5 Å². The maximum atomic E-state index is 6.25. The van der Waals surface area contributed by atoms with E-state index in [1.807, 2.05) is 25.3 Å². The first-order valence-electron chi connectivity index (χ1n) is 8.97. The van der Waals surface area contributed by atoms with Crippen LogP contribution in [0.3, 0.4) is 0 Å². The van der Waals surface area contributed by atoms with E-state index in [4.69, 9.17) is 4.74 Å². The van der Waals surface area contributed by atoms with Gasteiger partial charge in [0, 0.05) is 0 Å². The fourth-order valence-corrected chi connectivity index (χ4v) is 3.39. The number of benzene rings is 2. The van der Waals surface area contributed by atoms with Crippen LogP contribution in [-0.2, 0) is 12.8 Å². The van der Waals surface area contributed by atoms with Crippen molar-refractivity contribution >= 4 is 0 Å². The highest BCUT2D eigenvalue weighted by Crippen LogP contribution is 2.32. The zero-order valence-corrected chi connectivity index (χ0v) is 14.8. The zero-order valence-electron chi connectivity index (χ0n) is 14.8. The average molecular weight is 333 g/mol. The molecular formula is C21H23N3O. The third kappa shape index (κ3) is 3.29. The molecule has 128 valence electrons. The van der Waals surface area contributed by atoms with Crippen LogP contribution in [-0.4, -0.2) is 15.0 Å². The normalized spacial score (nSPS) is 14.8. The molecule has 0 N–H and O–H groups in total. The van der Waals surface area contributed by atoms with Crippen LogP contribution in [0.1, 0.15) is 48.3 Å². The molecular weight excluding hydrogens is 310 g/mol. The summed E-state index contributed by atoms with van der Waals surface area (Å²) < 4.78 is 8.05. The number of ether oxygens (including phenoxy) is 1. The molecule has 0 aliphatic heterocycles. The largest absolute Gasteiger partial charge is 0.484 e. The van der Waals surface area contributed by atoms with E-state index in [9.17, 15) is 0 Å². The molecule has 0 radical (unpaired) electrons. The fraction of sp³-hybridized carbons (Fsp3) is 0.333. The van der Waals surface area contributed by atoms with Gasteiger partial charge in [0.2, 0.25) is 0 Å². The molecule has 0 spiro atoms. The maximum absolute atomic E-state index is 6.25. The van der Waals surface area contributed by atoms with Crippen molar-refractivity contribution in [2.24, 2.45) is 0 Å². The van der Waals surface area contributed by atoms with Gasteiger partial charge in [-0.05, 0) is 68.9 Å². The third-order valence-corrected chi connectivity index (χ3v) is 4.88. The summed E-state index contributed by atoms with van der Waals surface area (Å²) in [7, 11) is 0. The molecule has 1 aliphatic carbocycles. The smallest absolute Gasteiger partial charge is 0.141 e. The molecule has 1 unspecified atom stereocenters. The number of rotatable bonds is 4. The minimum absolute atomic E-state index is 0.132. The van der Waals surface area contributed by atoms with Crippen molar-refractivity contribution in [1.82, 2.24) is 15.0 Å². The molecule has 0 fully saturated rings. The van der Waals surface area contributed by atoms with E-state index in [0.717, 1.165) is 30.0 Å². The second-order valence-corrected chi connectivity index (χ2v) is 6.78. The van der Waals surface area contributed by atoms with E-state index >= 15 is 0 Å². The predicted molar refractivity (Wildman–Crippen MR) is 98.2 cm³/mol. The Balaban J connectivity index is 1.54. The van der Waals surface area contributed by atoms with Gasteiger partial charge in [-0.2, -0.15) is 0 Å². The van der Waals surface area contributed by atoms with E-state index in [-0.39, 0.29) is 6.10 Å². The zero-order chi connectivity index (χ0) is 17.2. The highest BCUT2D eigenvalue weighted by atomic mass is 16.5. The molecule has 1 atom stereocenters. The van der Waals surface area contributed by atoms with Crippen LogP contribution in [0, 0.1) is 6.92 Å². The summed E-state index contributed by atoms with van der Waals surface area (Å²) in [6.07, 6.45) is 6.60. The average Bonchev–Trinajstić information content (AvgIpc) is 3.13. The van der Waals surface area contributed by atoms with E-state index in [0.29, 0.717) is 0 Å². The maximum Gasteiger partial charge on any atom is 0.141 e. The minimum Gasteiger partial charge on any atom is -0.484 e. The predicted octanol–water partition coefficient (Wildman–Crippen LogP) is 4.59. The molecule has 2 aromatic carbocycles. The first-order valence-corrected chi connectivity index (χ1v) is 8.97. The summed E-state index contributed by atoms with van der Waals surface area (Å²) >= 11 is 0. The van der Waals surface area contributed by atoms with Crippen molar-refractivity contribution in [2.75, 3.05) is 0 Å². The van der Waals surface area contributed by atoms with Crippen molar-refractivity contribution in [3.63, 3.8) is 0 Å². The summed E-state index contributed by atoms with van der Waals surface area (Å²) in [6.45, 7) is 4.11. The SMILES string of the molecule is Cc1ccc(-n2cc(C(C)Oc3cccc4c3CCCC4)nn2)cc1. The third-order valence-electron chi connectivity index (χ3n) is 4.88. The Kier molecular flexibility index (Phi) is 4.26. The molecule has 1 aromatic heterocycles. The van der Waals surface area contributed by atoms with E-state index in [1.165, 1.54) is 29.5 Å². The molecule has 0 bridgehead atoms. The molecule has 4 rings (SSSR count). The lowest BCUT2D eigenvalue weighted by atomic mass is 9.91. The topological polar surface area (TPSA) is 39.9 Å². The van der Waals surface area contributed by atoms with Crippen LogP contribution < -0.4 is 4.74 Å². The van der Waals surface area contributed by atoms with E-state index < -0.39 is 0 Å². The number of nitrogens with zero attached hydrogens (tertiary/aromatic N) is 3.